The summed E-state index contributed by atoms with van der Waals surface area (Å²) < 4.78 is 5.22. The summed E-state index contributed by atoms with van der Waals surface area (Å²) in [4.78, 5) is 11.3. The molecular weight excluding hydrogens is 254 g/mol. The molecule has 2 aromatic carbocycles. The fourth-order valence-electron chi connectivity index (χ4n) is 2.14. The van der Waals surface area contributed by atoms with Gasteiger partial charge in [0.25, 0.3) is 0 Å². The van der Waals surface area contributed by atoms with E-state index in [0.717, 1.165) is 22.1 Å². The molecule has 4 heteroatoms. The SMILES string of the molecule is CCC(=O)NCC(O)c1cccc2ccc(OC)cc12. The molecule has 0 aliphatic heterocycles. The Kier molecular flexibility index (Phi) is 4.58. The Labute approximate surface area is 118 Å². The summed E-state index contributed by atoms with van der Waals surface area (Å²) in [7, 11) is 1.61. The maximum Gasteiger partial charge on any atom is 0.219 e. The number of nitrogens with one attached hydrogen (secondary N) is 1. The van der Waals surface area contributed by atoms with Crippen molar-refractivity contribution in [1.29, 1.82) is 0 Å². The van der Waals surface area contributed by atoms with E-state index >= 15 is 0 Å². The number of aliphatic hydroxyl groups is 1. The van der Waals surface area contributed by atoms with E-state index in [4.69, 9.17) is 4.74 Å². The van der Waals surface area contributed by atoms with E-state index in [9.17, 15) is 9.90 Å². The number of ether oxygens (including phenoxy) is 1. The van der Waals surface area contributed by atoms with Crippen LogP contribution >= 0.6 is 0 Å². The van der Waals surface area contributed by atoms with Gasteiger partial charge in [-0.25, -0.2) is 0 Å². The predicted molar refractivity (Wildman–Crippen MR) is 78.8 cm³/mol. The van der Waals surface area contributed by atoms with Crippen molar-refractivity contribution in [3.8, 4) is 5.75 Å². The normalized spacial score (nSPS) is 12.2. The van der Waals surface area contributed by atoms with Gasteiger partial charge in [0.05, 0.1) is 13.2 Å². The fraction of sp³-hybridized carbons (Fsp3) is 0.312. The first-order valence-electron chi connectivity index (χ1n) is 6.67. The minimum atomic E-state index is -0.735. The first-order chi connectivity index (χ1) is 9.65. The smallest absolute Gasteiger partial charge is 0.219 e. The third kappa shape index (κ3) is 3.08. The van der Waals surface area contributed by atoms with E-state index < -0.39 is 6.10 Å². The van der Waals surface area contributed by atoms with E-state index in [1.807, 2.05) is 36.4 Å². The van der Waals surface area contributed by atoms with E-state index in [1.54, 1.807) is 14.0 Å². The van der Waals surface area contributed by atoms with E-state index in [0.29, 0.717) is 6.42 Å². The zero-order valence-corrected chi connectivity index (χ0v) is 11.7. The molecule has 4 nitrogen and oxygen atoms in total. The molecule has 0 saturated carbocycles. The van der Waals surface area contributed by atoms with Gasteiger partial charge in [-0.05, 0) is 28.5 Å². The Bertz CT molecular complexity index is 610. The fourth-order valence-corrected chi connectivity index (χ4v) is 2.14. The molecule has 1 amide bonds. The minimum Gasteiger partial charge on any atom is -0.497 e. The average molecular weight is 273 g/mol. The van der Waals surface area contributed by atoms with Crippen molar-refractivity contribution in [2.75, 3.05) is 13.7 Å². The minimum absolute atomic E-state index is 0.0677. The van der Waals surface area contributed by atoms with Crippen LogP contribution in [0.1, 0.15) is 25.0 Å². The lowest BCUT2D eigenvalue weighted by Gasteiger charge is -2.15. The number of fused-ring (bicyclic) bond motifs is 1. The summed E-state index contributed by atoms with van der Waals surface area (Å²) in [6.45, 7) is 1.99. The van der Waals surface area contributed by atoms with Crippen LogP contribution in [0.2, 0.25) is 0 Å². The van der Waals surface area contributed by atoms with Crippen molar-refractivity contribution < 1.29 is 14.6 Å². The van der Waals surface area contributed by atoms with Crippen LogP contribution in [0.15, 0.2) is 36.4 Å². The van der Waals surface area contributed by atoms with Crippen LogP contribution in [0.25, 0.3) is 10.8 Å². The summed E-state index contributed by atoms with van der Waals surface area (Å²) >= 11 is 0. The summed E-state index contributed by atoms with van der Waals surface area (Å²) in [6, 6.07) is 11.5. The van der Waals surface area contributed by atoms with Gasteiger partial charge in [-0.15, -0.1) is 0 Å². The second-order valence-corrected chi connectivity index (χ2v) is 4.61. The zero-order valence-electron chi connectivity index (χ0n) is 11.7. The average Bonchev–Trinajstić information content (AvgIpc) is 2.50. The van der Waals surface area contributed by atoms with Crippen LogP contribution in [0.3, 0.4) is 0 Å². The summed E-state index contributed by atoms with van der Waals surface area (Å²) in [5, 5.41) is 14.9. The molecule has 0 bridgehead atoms. The van der Waals surface area contributed by atoms with Crippen LogP contribution in [0, 0.1) is 0 Å². The van der Waals surface area contributed by atoms with Crippen LogP contribution in [0.4, 0.5) is 0 Å². The van der Waals surface area contributed by atoms with E-state index in [1.165, 1.54) is 0 Å². The molecule has 2 aromatic rings. The maximum atomic E-state index is 11.3. The monoisotopic (exact) mass is 273 g/mol. The van der Waals surface area contributed by atoms with Crippen molar-refractivity contribution in [2.24, 2.45) is 0 Å². The predicted octanol–water partition coefficient (Wildman–Crippen LogP) is 2.41. The second kappa shape index (κ2) is 6.39. The Morgan fingerprint density at radius 3 is 2.85 bits per heavy atom. The number of amides is 1. The van der Waals surface area contributed by atoms with Crippen molar-refractivity contribution >= 4 is 16.7 Å². The molecule has 1 atom stereocenters. The van der Waals surface area contributed by atoms with Crippen molar-refractivity contribution in [3.63, 3.8) is 0 Å². The number of hydrogen-bond donors (Lipinski definition) is 2. The summed E-state index contributed by atoms with van der Waals surface area (Å²) in [5.74, 6) is 0.677. The highest BCUT2D eigenvalue weighted by Gasteiger charge is 2.12. The molecule has 0 fully saturated rings. The van der Waals surface area contributed by atoms with Crippen LogP contribution in [-0.4, -0.2) is 24.7 Å². The van der Waals surface area contributed by atoms with E-state index in [-0.39, 0.29) is 12.5 Å². The number of hydrogen-bond acceptors (Lipinski definition) is 3. The molecule has 106 valence electrons. The first-order valence-corrected chi connectivity index (χ1v) is 6.67. The molecular formula is C16H19NO3. The standard InChI is InChI=1S/C16H19NO3/c1-3-16(19)17-10-15(18)13-6-4-5-11-7-8-12(20-2)9-14(11)13/h4-9,15,18H,3,10H2,1-2H3,(H,17,19). The largest absolute Gasteiger partial charge is 0.497 e. The zero-order chi connectivity index (χ0) is 14.5. The van der Waals surface area contributed by atoms with Gasteiger partial charge in [0, 0.05) is 13.0 Å². The molecule has 0 aliphatic carbocycles. The summed E-state index contributed by atoms with van der Waals surface area (Å²) in [5.41, 5.74) is 0.790. The Balaban J connectivity index is 2.30. The maximum absolute atomic E-state index is 11.3. The highest BCUT2D eigenvalue weighted by molar-refractivity contribution is 5.87. The van der Waals surface area contributed by atoms with Gasteiger partial charge in [-0.3, -0.25) is 4.79 Å². The van der Waals surface area contributed by atoms with Gasteiger partial charge < -0.3 is 15.2 Å². The van der Waals surface area contributed by atoms with Crippen LogP contribution in [-0.2, 0) is 4.79 Å². The van der Waals surface area contributed by atoms with Crippen molar-refractivity contribution in [1.82, 2.24) is 5.32 Å². The van der Waals surface area contributed by atoms with Gasteiger partial charge in [0.1, 0.15) is 5.75 Å². The lowest BCUT2D eigenvalue weighted by atomic mass is 10.00. The topological polar surface area (TPSA) is 58.6 Å². The van der Waals surface area contributed by atoms with Crippen molar-refractivity contribution in [2.45, 2.75) is 19.4 Å². The van der Waals surface area contributed by atoms with Gasteiger partial charge in [-0.2, -0.15) is 0 Å². The quantitative estimate of drug-likeness (QED) is 0.879. The third-order valence-corrected chi connectivity index (χ3v) is 3.30. The van der Waals surface area contributed by atoms with Crippen LogP contribution in [0.5, 0.6) is 5.75 Å². The highest BCUT2D eigenvalue weighted by Crippen LogP contribution is 2.27. The Morgan fingerprint density at radius 2 is 2.15 bits per heavy atom. The lowest BCUT2D eigenvalue weighted by molar-refractivity contribution is -0.121. The van der Waals surface area contributed by atoms with Gasteiger partial charge in [-0.1, -0.05) is 31.2 Å². The Morgan fingerprint density at radius 1 is 1.35 bits per heavy atom. The molecule has 20 heavy (non-hydrogen) atoms. The third-order valence-electron chi connectivity index (χ3n) is 3.30. The molecule has 2 rings (SSSR count). The van der Waals surface area contributed by atoms with Gasteiger partial charge in [0.2, 0.25) is 5.91 Å². The molecule has 0 aromatic heterocycles. The lowest BCUT2D eigenvalue weighted by Crippen LogP contribution is -2.27. The molecule has 0 saturated heterocycles. The molecule has 0 aliphatic rings. The van der Waals surface area contributed by atoms with Crippen molar-refractivity contribution in [3.05, 3.63) is 42.0 Å². The number of methoxy groups -OCH3 is 1. The highest BCUT2D eigenvalue weighted by atomic mass is 16.5. The summed E-state index contributed by atoms with van der Waals surface area (Å²) in [6.07, 6.45) is -0.322. The second-order valence-electron chi connectivity index (χ2n) is 4.61. The van der Waals surface area contributed by atoms with Gasteiger partial charge in [0.15, 0.2) is 0 Å². The van der Waals surface area contributed by atoms with Crippen LogP contribution < -0.4 is 10.1 Å². The van der Waals surface area contributed by atoms with Gasteiger partial charge >= 0.3 is 0 Å². The number of benzene rings is 2. The van der Waals surface area contributed by atoms with E-state index in [2.05, 4.69) is 5.32 Å². The first kappa shape index (κ1) is 14.3. The number of aliphatic hydroxyl groups excluding tert-OH is 1. The number of rotatable bonds is 5. The molecule has 0 heterocycles. The number of carbonyl (C=O) groups excluding carboxylic acids is 1. The number of carbonyl (C=O) groups is 1. The molecule has 2 N–H and O–H groups in total. The molecule has 0 spiro atoms. The molecule has 1 unspecified atom stereocenters. The molecule has 0 radical (unpaired) electrons. The Hall–Kier alpha value is -2.07.